The van der Waals surface area contributed by atoms with E-state index in [9.17, 15) is 0 Å². The van der Waals surface area contributed by atoms with E-state index in [4.69, 9.17) is 11.6 Å². The van der Waals surface area contributed by atoms with Crippen molar-refractivity contribution in [2.45, 2.75) is 45.6 Å². The van der Waals surface area contributed by atoms with Crippen LogP contribution in [-0.4, -0.2) is 11.5 Å². The summed E-state index contributed by atoms with van der Waals surface area (Å²) in [5, 5.41) is 4.17. The van der Waals surface area contributed by atoms with Crippen molar-refractivity contribution < 1.29 is 0 Å². The SMILES string of the molecule is CCCCCC(NCC)c1ccc(Cl)cn1. The van der Waals surface area contributed by atoms with Crippen LogP contribution in [0, 0.1) is 0 Å². The van der Waals surface area contributed by atoms with Crippen molar-refractivity contribution in [3.05, 3.63) is 29.0 Å². The summed E-state index contributed by atoms with van der Waals surface area (Å²) in [6.07, 6.45) is 6.66. The van der Waals surface area contributed by atoms with Gasteiger partial charge in [-0.2, -0.15) is 0 Å². The lowest BCUT2D eigenvalue weighted by molar-refractivity contribution is 0.477. The molecule has 0 aliphatic carbocycles. The number of halogens is 1. The maximum Gasteiger partial charge on any atom is 0.0589 e. The van der Waals surface area contributed by atoms with Crippen LogP contribution in [-0.2, 0) is 0 Å². The fraction of sp³-hybridized carbons (Fsp3) is 0.615. The van der Waals surface area contributed by atoms with Crippen LogP contribution in [0.3, 0.4) is 0 Å². The minimum Gasteiger partial charge on any atom is -0.309 e. The van der Waals surface area contributed by atoms with Crippen molar-refractivity contribution in [2.75, 3.05) is 6.54 Å². The minimum atomic E-state index is 0.369. The van der Waals surface area contributed by atoms with Crippen molar-refractivity contribution in [1.82, 2.24) is 10.3 Å². The number of hydrogen-bond donors (Lipinski definition) is 1. The molecule has 0 spiro atoms. The van der Waals surface area contributed by atoms with Gasteiger partial charge >= 0.3 is 0 Å². The van der Waals surface area contributed by atoms with Crippen LogP contribution in [0.2, 0.25) is 5.02 Å². The molecule has 2 nitrogen and oxygen atoms in total. The summed E-state index contributed by atoms with van der Waals surface area (Å²) in [4.78, 5) is 4.38. The molecule has 0 fully saturated rings. The predicted octanol–water partition coefficient (Wildman–Crippen LogP) is 3.97. The topological polar surface area (TPSA) is 24.9 Å². The van der Waals surface area contributed by atoms with Gasteiger partial charge in [0.1, 0.15) is 0 Å². The normalized spacial score (nSPS) is 12.7. The van der Waals surface area contributed by atoms with Crippen molar-refractivity contribution in [3.63, 3.8) is 0 Å². The van der Waals surface area contributed by atoms with Crippen LogP contribution in [0.1, 0.15) is 51.3 Å². The Kier molecular flexibility index (Phi) is 6.43. The lowest BCUT2D eigenvalue weighted by Gasteiger charge is -2.17. The maximum atomic E-state index is 5.84. The molecule has 0 saturated heterocycles. The zero-order chi connectivity index (χ0) is 11.8. The molecule has 1 atom stereocenters. The average Bonchev–Trinajstić information content (AvgIpc) is 2.29. The monoisotopic (exact) mass is 240 g/mol. The first-order valence-corrected chi connectivity index (χ1v) is 6.50. The molecule has 16 heavy (non-hydrogen) atoms. The Hall–Kier alpha value is -0.600. The van der Waals surface area contributed by atoms with Gasteiger partial charge in [-0.1, -0.05) is 44.7 Å². The molecule has 0 amide bonds. The molecule has 0 aromatic carbocycles. The number of unbranched alkanes of at least 4 members (excludes halogenated alkanes) is 2. The number of aromatic nitrogens is 1. The molecule has 0 bridgehead atoms. The minimum absolute atomic E-state index is 0.369. The van der Waals surface area contributed by atoms with Crippen molar-refractivity contribution in [1.29, 1.82) is 0 Å². The molecule has 0 radical (unpaired) electrons. The van der Waals surface area contributed by atoms with E-state index < -0.39 is 0 Å². The van der Waals surface area contributed by atoms with Gasteiger partial charge in [0.15, 0.2) is 0 Å². The third kappa shape index (κ3) is 4.50. The van der Waals surface area contributed by atoms with Crippen LogP contribution < -0.4 is 5.32 Å². The highest BCUT2D eigenvalue weighted by Crippen LogP contribution is 2.19. The summed E-state index contributed by atoms with van der Waals surface area (Å²) < 4.78 is 0. The molecule has 3 heteroatoms. The first-order valence-electron chi connectivity index (χ1n) is 6.12. The predicted molar refractivity (Wildman–Crippen MR) is 69.8 cm³/mol. The first kappa shape index (κ1) is 13.5. The summed E-state index contributed by atoms with van der Waals surface area (Å²) in [5.74, 6) is 0. The molecule has 90 valence electrons. The molecule has 1 N–H and O–H groups in total. The van der Waals surface area contributed by atoms with E-state index in [1.807, 2.05) is 12.1 Å². The fourth-order valence-electron chi connectivity index (χ4n) is 1.79. The molecular formula is C13H21ClN2. The van der Waals surface area contributed by atoms with E-state index in [0.717, 1.165) is 18.7 Å². The Morgan fingerprint density at radius 2 is 2.12 bits per heavy atom. The van der Waals surface area contributed by atoms with Gasteiger partial charge in [-0.15, -0.1) is 0 Å². The zero-order valence-electron chi connectivity index (χ0n) is 10.2. The van der Waals surface area contributed by atoms with Gasteiger partial charge in [0.25, 0.3) is 0 Å². The quantitative estimate of drug-likeness (QED) is 0.730. The van der Waals surface area contributed by atoms with E-state index in [1.165, 1.54) is 19.3 Å². The second-order valence-corrected chi connectivity index (χ2v) is 4.44. The van der Waals surface area contributed by atoms with E-state index in [0.29, 0.717) is 11.1 Å². The third-order valence-corrected chi connectivity index (χ3v) is 2.88. The third-order valence-electron chi connectivity index (χ3n) is 2.65. The van der Waals surface area contributed by atoms with Crippen LogP contribution in [0.25, 0.3) is 0 Å². The molecular weight excluding hydrogens is 220 g/mol. The molecule has 1 heterocycles. The summed E-state index contributed by atoms with van der Waals surface area (Å²) in [6.45, 7) is 5.33. The van der Waals surface area contributed by atoms with Gasteiger partial charge in [-0.25, -0.2) is 0 Å². The van der Waals surface area contributed by atoms with Gasteiger partial charge in [-0.3, -0.25) is 4.98 Å². The highest BCUT2D eigenvalue weighted by atomic mass is 35.5. The Labute approximate surface area is 103 Å². The Morgan fingerprint density at radius 3 is 2.69 bits per heavy atom. The molecule has 1 unspecified atom stereocenters. The molecule has 1 rings (SSSR count). The lowest BCUT2D eigenvalue weighted by Crippen LogP contribution is -2.21. The molecule has 0 saturated carbocycles. The smallest absolute Gasteiger partial charge is 0.0589 e. The molecule has 1 aromatic rings. The molecule has 0 aliphatic rings. The second-order valence-electron chi connectivity index (χ2n) is 4.01. The van der Waals surface area contributed by atoms with Crippen LogP contribution in [0.4, 0.5) is 0 Å². The number of pyridine rings is 1. The van der Waals surface area contributed by atoms with Crippen molar-refractivity contribution in [3.8, 4) is 0 Å². The van der Waals surface area contributed by atoms with E-state index >= 15 is 0 Å². The Balaban J connectivity index is 2.57. The summed E-state index contributed by atoms with van der Waals surface area (Å²) in [6, 6.07) is 4.30. The number of hydrogen-bond acceptors (Lipinski definition) is 2. The lowest BCUT2D eigenvalue weighted by atomic mass is 10.0. The summed E-state index contributed by atoms with van der Waals surface area (Å²) >= 11 is 5.84. The van der Waals surface area contributed by atoms with Gasteiger partial charge in [0, 0.05) is 12.2 Å². The fourth-order valence-corrected chi connectivity index (χ4v) is 1.90. The van der Waals surface area contributed by atoms with E-state index in [1.54, 1.807) is 6.20 Å². The van der Waals surface area contributed by atoms with Gasteiger partial charge in [0.2, 0.25) is 0 Å². The largest absolute Gasteiger partial charge is 0.309 e. The van der Waals surface area contributed by atoms with Crippen molar-refractivity contribution in [2.24, 2.45) is 0 Å². The Morgan fingerprint density at radius 1 is 1.31 bits per heavy atom. The van der Waals surface area contributed by atoms with Crippen LogP contribution in [0.5, 0.6) is 0 Å². The van der Waals surface area contributed by atoms with Crippen molar-refractivity contribution >= 4 is 11.6 Å². The van der Waals surface area contributed by atoms with E-state index in [-0.39, 0.29) is 0 Å². The Bertz CT molecular complexity index is 284. The highest BCUT2D eigenvalue weighted by molar-refractivity contribution is 6.30. The standard InChI is InChI=1S/C13H21ClN2/c1-3-5-6-7-12(15-4-2)13-9-8-11(14)10-16-13/h8-10,12,15H,3-7H2,1-2H3. The highest BCUT2D eigenvalue weighted by Gasteiger charge is 2.10. The maximum absolute atomic E-state index is 5.84. The number of nitrogens with one attached hydrogen (secondary N) is 1. The van der Waals surface area contributed by atoms with Gasteiger partial charge in [0.05, 0.1) is 10.7 Å². The number of nitrogens with zero attached hydrogens (tertiary/aromatic N) is 1. The van der Waals surface area contributed by atoms with Crippen LogP contribution in [0.15, 0.2) is 18.3 Å². The molecule has 0 aliphatic heterocycles. The second kappa shape index (κ2) is 7.64. The first-order chi connectivity index (χ1) is 7.77. The molecule has 1 aromatic heterocycles. The zero-order valence-corrected chi connectivity index (χ0v) is 10.9. The van der Waals surface area contributed by atoms with Crippen LogP contribution >= 0.6 is 11.6 Å². The van der Waals surface area contributed by atoms with Gasteiger partial charge in [-0.05, 0) is 25.1 Å². The summed E-state index contributed by atoms with van der Waals surface area (Å²) in [7, 11) is 0. The van der Waals surface area contributed by atoms with E-state index in [2.05, 4.69) is 24.1 Å². The van der Waals surface area contributed by atoms with Gasteiger partial charge < -0.3 is 5.32 Å². The average molecular weight is 241 g/mol. The number of rotatable bonds is 7. The summed E-state index contributed by atoms with van der Waals surface area (Å²) in [5.41, 5.74) is 1.10.